The van der Waals surface area contributed by atoms with Crippen LogP contribution in [-0.4, -0.2) is 50.2 Å². The van der Waals surface area contributed by atoms with Gasteiger partial charge >= 0.3 is 0 Å². The molecule has 3 aromatic carbocycles. The molecule has 0 spiro atoms. The third kappa shape index (κ3) is 4.38. The van der Waals surface area contributed by atoms with E-state index in [2.05, 4.69) is 51.4 Å². The molecule has 2 aliphatic heterocycles. The van der Waals surface area contributed by atoms with Crippen molar-refractivity contribution in [3.8, 4) is 0 Å². The number of nitrogen functional groups attached to an aromatic ring is 1. The van der Waals surface area contributed by atoms with Crippen LogP contribution in [-0.2, 0) is 24.5 Å². The SMILES string of the molecule is CC1(C)O[C@@H]2[C@@H](O1)[C@@H](n1cnc3c(N)ncnc31)O[C@H]2COC(c1ccccc1)(c1ccccc1)c1ccccc1. The highest BCUT2D eigenvalue weighted by atomic mass is 16.8. The summed E-state index contributed by atoms with van der Waals surface area (Å²) >= 11 is 0. The predicted molar refractivity (Wildman–Crippen MR) is 153 cm³/mol. The second-order valence-corrected chi connectivity index (χ2v) is 10.8. The van der Waals surface area contributed by atoms with E-state index >= 15 is 0 Å². The second kappa shape index (κ2) is 10.0. The Kier molecular flexibility index (Phi) is 6.32. The number of hydrogen-bond acceptors (Lipinski definition) is 8. The van der Waals surface area contributed by atoms with Gasteiger partial charge in [-0.1, -0.05) is 91.0 Å². The lowest BCUT2D eigenvalue weighted by Crippen LogP contribution is -2.39. The molecule has 7 rings (SSSR count). The normalized spacial score (nSPS) is 23.6. The minimum Gasteiger partial charge on any atom is -0.382 e. The monoisotopic (exact) mass is 549 g/mol. The van der Waals surface area contributed by atoms with Gasteiger partial charge in [0.1, 0.15) is 35.8 Å². The van der Waals surface area contributed by atoms with Gasteiger partial charge in [-0.15, -0.1) is 0 Å². The molecule has 2 fully saturated rings. The Morgan fingerprint density at radius 3 is 1.95 bits per heavy atom. The standard InChI is InChI=1S/C32H31N5O4/c1-31(2)40-26-24(39-30(27(26)41-31)37-20-36-25-28(33)34-19-35-29(25)37)18-38-32(21-12-6-3-7-13-21,22-14-8-4-9-15-22)23-16-10-5-11-17-23/h3-17,19-20,24,26-27,30H,18H2,1-2H3,(H2,33,34,35)/t24-,26-,27+,30-/m0/s1. The number of ether oxygens (including phenoxy) is 4. The van der Waals surface area contributed by atoms with E-state index in [1.54, 1.807) is 6.33 Å². The average Bonchev–Trinajstić information content (AvgIpc) is 3.67. The van der Waals surface area contributed by atoms with Crippen LogP contribution in [0, 0.1) is 0 Å². The molecule has 0 amide bonds. The van der Waals surface area contributed by atoms with E-state index in [1.165, 1.54) is 6.33 Å². The number of imidazole rings is 1. The van der Waals surface area contributed by atoms with Crippen molar-refractivity contribution in [1.82, 2.24) is 19.5 Å². The Morgan fingerprint density at radius 1 is 0.805 bits per heavy atom. The van der Waals surface area contributed by atoms with Crippen molar-refractivity contribution in [1.29, 1.82) is 0 Å². The highest BCUT2D eigenvalue weighted by molar-refractivity contribution is 5.81. The van der Waals surface area contributed by atoms with Crippen molar-refractivity contribution < 1.29 is 18.9 Å². The van der Waals surface area contributed by atoms with E-state index in [4.69, 9.17) is 24.7 Å². The van der Waals surface area contributed by atoms with Gasteiger partial charge in [0.15, 0.2) is 23.5 Å². The number of nitrogens with zero attached hydrogens (tertiary/aromatic N) is 4. The van der Waals surface area contributed by atoms with E-state index in [1.807, 2.05) is 73.0 Å². The molecule has 4 atom stereocenters. The number of rotatable bonds is 7. The van der Waals surface area contributed by atoms with Gasteiger partial charge in [-0.2, -0.15) is 0 Å². The van der Waals surface area contributed by atoms with Crippen molar-refractivity contribution in [2.75, 3.05) is 12.3 Å². The zero-order chi connectivity index (χ0) is 28.0. The maximum atomic E-state index is 7.09. The Labute approximate surface area is 237 Å². The first-order chi connectivity index (χ1) is 20.0. The van der Waals surface area contributed by atoms with Gasteiger partial charge in [0.05, 0.1) is 12.9 Å². The zero-order valence-corrected chi connectivity index (χ0v) is 22.8. The highest BCUT2D eigenvalue weighted by Gasteiger charge is 2.57. The van der Waals surface area contributed by atoms with Crippen molar-refractivity contribution in [2.45, 2.75) is 49.8 Å². The molecule has 5 aromatic rings. The maximum Gasteiger partial charge on any atom is 0.167 e. The van der Waals surface area contributed by atoms with E-state index in [0.29, 0.717) is 17.0 Å². The van der Waals surface area contributed by atoms with Gasteiger partial charge in [-0.3, -0.25) is 4.57 Å². The fourth-order valence-corrected chi connectivity index (χ4v) is 6.05. The molecule has 2 N–H and O–H groups in total. The number of hydrogen-bond donors (Lipinski definition) is 1. The summed E-state index contributed by atoms with van der Waals surface area (Å²) in [6.07, 6.45) is 1.30. The Morgan fingerprint density at radius 2 is 1.37 bits per heavy atom. The van der Waals surface area contributed by atoms with Gasteiger partial charge < -0.3 is 24.7 Å². The van der Waals surface area contributed by atoms with Crippen LogP contribution < -0.4 is 5.73 Å². The zero-order valence-electron chi connectivity index (χ0n) is 22.8. The summed E-state index contributed by atoms with van der Waals surface area (Å²) in [7, 11) is 0. The lowest BCUT2D eigenvalue weighted by atomic mass is 9.80. The maximum absolute atomic E-state index is 7.09. The Hall–Kier alpha value is -4.15. The number of nitrogens with two attached hydrogens (primary N) is 1. The number of fused-ring (bicyclic) bond motifs is 2. The minimum atomic E-state index is -0.890. The van der Waals surface area contributed by atoms with Gasteiger partial charge in [0.2, 0.25) is 0 Å². The summed E-state index contributed by atoms with van der Waals surface area (Å²) in [4.78, 5) is 12.9. The van der Waals surface area contributed by atoms with Crippen molar-refractivity contribution in [2.24, 2.45) is 0 Å². The largest absolute Gasteiger partial charge is 0.382 e. The van der Waals surface area contributed by atoms with Crippen LogP contribution in [0.2, 0.25) is 0 Å². The molecular formula is C32H31N5O4. The summed E-state index contributed by atoms with van der Waals surface area (Å²) in [6, 6.07) is 30.8. The lowest BCUT2D eigenvalue weighted by Gasteiger charge is -2.37. The molecule has 0 radical (unpaired) electrons. The molecule has 2 aliphatic rings. The third-order valence-corrected chi connectivity index (χ3v) is 7.79. The van der Waals surface area contributed by atoms with Crippen LogP contribution in [0.15, 0.2) is 104 Å². The number of anilines is 1. The molecular weight excluding hydrogens is 518 g/mol. The van der Waals surface area contributed by atoms with Crippen molar-refractivity contribution in [3.63, 3.8) is 0 Å². The molecule has 41 heavy (non-hydrogen) atoms. The van der Waals surface area contributed by atoms with Crippen molar-refractivity contribution >= 4 is 17.0 Å². The molecule has 2 aromatic heterocycles. The average molecular weight is 550 g/mol. The molecule has 0 saturated carbocycles. The van der Waals surface area contributed by atoms with Gasteiger partial charge in [-0.05, 0) is 30.5 Å². The smallest absolute Gasteiger partial charge is 0.167 e. The van der Waals surface area contributed by atoms with Crippen LogP contribution in [0.5, 0.6) is 0 Å². The topological polar surface area (TPSA) is 107 Å². The third-order valence-electron chi connectivity index (χ3n) is 7.79. The van der Waals surface area contributed by atoms with Crippen LogP contribution >= 0.6 is 0 Å². The predicted octanol–water partition coefficient (Wildman–Crippen LogP) is 4.83. The first-order valence-electron chi connectivity index (χ1n) is 13.7. The number of aromatic nitrogens is 4. The van der Waals surface area contributed by atoms with Gasteiger partial charge in [0, 0.05) is 0 Å². The lowest BCUT2D eigenvalue weighted by molar-refractivity contribution is -0.204. The van der Waals surface area contributed by atoms with Crippen LogP contribution in [0.25, 0.3) is 11.2 Å². The summed E-state index contributed by atoms with van der Waals surface area (Å²) in [5, 5.41) is 0. The number of benzene rings is 3. The summed E-state index contributed by atoms with van der Waals surface area (Å²) in [5.74, 6) is -0.486. The van der Waals surface area contributed by atoms with Crippen molar-refractivity contribution in [3.05, 3.63) is 120 Å². The summed E-state index contributed by atoms with van der Waals surface area (Å²) < 4.78 is 28.4. The Balaban J connectivity index is 1.28. The van der Waals surface area contributed by atoms with E-state index in [-0.39, 0.29) is 12.7 Å². The molecule has 9 nitrogen and oxygen atoms in total. The van der Waals surface area contributed by atoms with E-state index in [9.17, 15) is 0 Å². The van der Waals surface area contributed by atoms with Gasteiger partial charge in [0.25, 0.3) is 0 Å². The second-order valence-electron chi connectivity index (χ2n) is 10.8. The van der Waals surface area contributed by atoms with Crippen LogP contribution in [0.3, 0.4) is 0 Å². The van der Waals surface area contributed by atoms with E-state index < -0.39 is 29.8 Å². The summed E-state index contributed by atoms with van der Waals surface area (Å²) in [6.45, 7) is 4.06. The molecule has 0 aliphatic carbocycles. The molecule has 9 heteroatoms. The summed E-state index contributed by atoms with van der Waals surface area (Å²) in [5.41, 5.74) is 9.30. The first kappa shape index (κ1) is 25.8. The first-order valence-corrected chi connectivity index (χ1v) is 13.7. The molecule has 0 bridgehead atoms. The fraction of sp³-hybridized carbons (Fsp3) is 0.281. The minimum absolute atomic E-state index is 0.236. The Bertz CT molecular complexity index is 1550. The van der Waals surface area contributed by atoms with Crippen LogP contribution in [0.4, 0.5) is 5.82 Å². The molecule has 0 unspecified atom stereocenters. The molecule has 208 valence electrons. The molecule has 2 saturated heterocycles. The molecule has 4 heterocycles. The highest BCUT2D eigenvalue weighted by Crippen LogP contribution is 2.46. The van der Waals surface area contributed by atoms with Crippen LogP contribution in [0.1, 0.15) is 36.8 Å². The van der Waals surface area contributed by atoms with Gasteiger partial charge in [-0.25, -0.2) is 15.0 Å². The van der Waals surface area contributed by atoms with E-state index in [0.717, 1.165) is 16.7 Å². The quantitative estimate of drug-likeness (QED) is 0.288. The fourth-order valence-electron chi connectivity index (χ4n) is 6.05.